The Morgan fingerprint density at radius 1 is 1.52 bits per heavy atom. The maximum absolute atomic E-state index is 13.9. The molecule has 1 fully saturated rings. The molecule has 2 N–H and O–H groups in total. The minimum Gasteiger partial charge on any atom is -0.395 e. The summed E-state index contributed by atoms with van der Waals surface area (Å²) in [5.74, 6) is 7.21. The van der Waals surface area contributed by atoms with Crippen LogP contribution in [0.2, 0.25) is 0 Å². The van der Waals surface area contributed by atoms with E-state index in [0.717, 1.165) is 17.9 Å². The SMILES string of the molecule is O=C(NCC1CCSC1)c1ccc(C#CCCO)cc1F. The van der Waals surface area contributed by atoms with Gasteiger partial charge in [0, 0.05) is 18.5 Å². The van der Waals surface area contributed by atoms with Crippen LogP contribution in [0.1, 0.15) is 28.8 Å². The van der Waals surface area contributed by atoms with E-state index in [4.69, 9.17) is 5.11 Å². The van der Waals surface area contributed by atoms with Crippen molar-refractivity contribution in [1.82, 2.24) is 5.32 Å². The molecule has 2 rings (SSSR count). The van der Waals surface area contributed by atoms with Crippen molar-refractivity contribution in [2.45, 2.75) is 12.8 Å². The zero-order valence-corrected chi connectivity index (χ0v) is 12.5. The molecule has 1 unspecified atom stereocenters. The van der Waals surface area contributed by atoms with Crippen LogP contribution >= 0.6 is 11.8 Å². The van der Waals surface area contributed by atoms with Crippen LogP contribution in [0.15, 0.2) is 18.2 Å². The number of carbonyl (C=O) groups excluding carboxylic acids is 1. The molecule has 3 nitrogen and oxygen atoms in total. The average molecular weight is 307 g/mol. The van der Waals surface area contributed by atoms with Gasteiger partial charge in [-0.25, -0.2) is 4.39 Å². The Bertz CT molecular complexity index is 559. The van der Waals surface area contributed by atoms with E-state index in [1.807, 2.05) is 11.8 Å². The second-order valence-corrected chi connectivity index (χ2v) is 6.06. The number of amides is 1. The molecule has 1 heterocycles. The van der Waals surface area contributed by atoms with E-state index in [0.29, 0.717) is 24.4 Å². The second-order valence-electron chi connectivity index (χ2n) is 4.91. The molecule has 5 heteroatoms. The van der Waals surface area contributed by atoms with Crippen molar-refractivity contribution in [3.8, 4) is 11.8 Å². The lowest BCUT2D eigenvalue weighted by Gasteiger charge is -2.10. The van der Waals surface area contributed by atoms with Crippen LogP contribution in [0.4, 0.5) is 4.39 Å². The number of hydrogen-bond donors (Lipinski definition) is 2. The van der Waals surface area contributed by atoms with E-state index < -0.39 is 5.82 Å². The summed E-state index contributed by atoms with van der Waals surface area (Å²) in [6.07, 6.45) is 1.45. The highest BCUT2D eigenvalue weighted by Gasteiger charge is 2.18. The summed E-state index contributed by atoms with van der Waals surface area (Å²) < 4.78 is 13.9. The molecule has 21 heavy (non-hydrogen) atoms. The molecule has 0 radical (unpaired) electrons. The first-order valence-corrected chi connectivity index (χ1v) is 8.11. The molecule has 0 saturated carbocycles. The van der Waals surface area contributed by atoms with Gasteiger partial charge in [0.05, 0.1) is 12.2 Å². The van der Waals surface area contributed by atoms with Gasteiger partial charge in [-0.05, 0) is 42.0 Å². The fourth-order valence-corrected chi connectivity index (χ4v) is 3.36. The number of thioether (sulfide) groups is 1. The smallest absolute Gasteiger partial charge is 0.254 e. The lowest BCUT2D eigenvalue weighted by molar-refractivity contribution is 0.0944. The summed E-state index contributed by atoms with van der Waals surface area (Å²) in [6, 6.07) is 4.33. The van der Waals surface area contributed by atoms with Crippen LogP contribution in [-0.2, 0) is 0 Å². The number of benzene rings is 1. The first-order valence-electron chi connectivity index (χ1n) is 6.96. The highest BCUT2D eigenvalue weighted by atomic mass is 32.2. The van der Waals surface area contributed by atoms with Gasteiger partial charge in [-0.2, -0.15) is 11.8 Å². The fraction of sp³-hybridized carbons (Fsp3) is 0.438. The van der Waals surface area contributed by atoms with Crippen LogP contribution in [0.5, 0.6) is 0 Å². The molecule has 0 spiro atoms. The summed E-state index contributed by atoms with van der Waals surface area (Å²) >= 11 is 1.89. The largest absolute Gasteiger partial charge is 0.395 e. The van der Waals surface area contributed by atoms with Crippen LogP contribution in [-0.4, -0.2) is 35.7 Å². The lowest BCUT2D eigenvalue weighted by atomic mass is 10.1. The first kappa shape index (κ1) is 15.9. The molecule has 1 atom stereocenters. The van der Waals surface area contributed by atoms with Crippen LogP contribution in [0.3, 0.4) is 0 Å². The average Bonchev–Trinajstić information content (AvgIpc) is 2.98. The quantitative estimate of drug-likeness (QED) is 0.837. The van der Waals surface area contributed by atoms with Gasteiger partial charge in [-0.3, -0.25) is 4.79 Å². The summed E-state index contributed by atoms with van der Waals surface area (Å²) in [4.78, 5) is 12.0. The Hall–Kier alpha value is -1.51. The molecule has 0 bridgehead atoms. The second kappa shape index (κ2) is 8.06. The maximum atomic E-state index is 13.9. The van der Waals surface area contributed by atoms with Crippen molar-refractivity contribution in [2.24, 2.45) is 5.92 Å². The fourth-order valence-electron chi connectivity index (χ4n) is 2.07. The molecule has 1 saturated heterocycles. The van der Waals surface area contributed by atoms with Gasteiger partial charge in [-0.1, -0.05) is 11.8 Å². The van der Waals surface area contributed by atoms with Crippen molar-refractivity contribution in [2.75, 3.05) is 24.7 Å². The summed E-state index contributed by atoms with van der Waals surface area (Å²) in [5, 5.41) is 11.4. The molecule has 1 aromatic carbocycles. The van der Waals surface area contributed by atoms with E-state index in [9.17, 15) is 9.18 Å². The predicted octanol–water partition coefficient (Wildman–Crippen LogP) is 2.04. The number of hydrogen-bond acceptors (Lipinski definition) is 3. The zero-order chi connectivity index (χ0) is 15.1. The van der Waals surface area contributed by atoms with E-state index in [1.165, 1.54) is 12.1 Å². The van der Waals surface area contributed by atoms with E-state index >= 15 is 0 Å². The molecule has 1 amide bonds. The van der Waals surface area contributed by atoms with Gasteiger partial charge in [0.1, 0.15) is 5.82 Å². The Kier molecular flexibility index (Phi) is 6.09. The van der Waals surface area contributed by atoms with E-state index in [2.05, 4.69) is 17.2 Å². The molecular weight excluding hydrogens is 289 g/mol. The topological polar surface area (TPSA) is 49.3 Å². The number of aliphatic hydroxyl groups is 1. The first-order chi connectivity index (χ1) is 10.2. The van der Waals surface area contributed by atoms with Crippen LogP contribution in [0.25, 0.3) is 0 Å². The number of rotatable bonds is 4. The molecule has 1 aromatic rings. The Labute approximate surface area is 128 Å². The summed E-state index contributed by atoms with van der Waals surface area (Å²) in [6.45, 7) is 0.582. The molecule has 1 aliphatic rings. The number of halogens is 1. The Morgan fingerprint density at radius 3 is 3.05 bits per heavy atom. The van der Waals surface area contributed by atoms with E-state index in [-0.39, 0.29) is 18.1 Å². The van der Waals surface area contributed by atoms with Gasteiger partial charge >= 0.3 is 0 Å². The van der Waals surface area contributed by atoms with Crippen LogP contribution in [0, 0.1) is 23.6 Å². The molecule has 1 aliphatic heterocycles. The lowest BCUT2D eigenvalue weighted by Crippen LogP contribution is -2.29. The monoisotopic (exact) mass is 307 g/mol. The third-order valence-electron chi connectivity index (χ3n) is 3.26. The van der Waals surface area contributed by atoms with Crippen LogP contribution < -0.4 is 5.32 Å². The maximum Gasteiger partial charge on any atom is 0.254 e. The van der Waals surface area contributed by atoms with Gasteiger partial charge in [0.25, 0.3) is 5.91 Å². The normalized spacial score (nSPS) is 17.1. The standard InChI is InChI=1S/C16H18FNO2S/c17-15-9-12(3-1-2-7-19)4-5-14(15)16(20)18-10-13-6-8-21-11-13/h4-5,9,13,19H,2,6-8,10-11H2,(H,18,20). The predicted molar refractivity (Wildman–Crippen MR) is 82.7 cm³/mol. The number of nitrogens with one attached hydrogen (secondary N) is 1. The van der Waals surface area contributed by atoms with E-state index in [1.54, 1.807) is 6.07 Å². The van der Waals surface area contributed by atoms with Crippen molar-refractivity contribution >= 4 is 17.7 Å². The summed E-state index contributed by atoms with van der Waals surface area (Å²) in [5.41, 5.74) is 0.554. The Balaban J connectivity index is 1.96. The van der Waals surface area contributed by atoms with Gasteiger partial charge < -0.3 is 10.4 Å². The number of carbonyl (C=O) groups is 1. The minimum absolute atomic E-state index is 0.0184. The molecular formula is C16H18FNO2S. The highest BCUT2D eigenvalue weighted by Crippen LogP contribution is 2.22. The van der Waals surface area contributed by atoms with Crippen molar-refractivity contribution in [1.29, 1.82) is 0 Å². The zero-order valence-electron chi connectivity index (χ0n) is 11.7. The van der Waals surface area contributed by atoms with Gasteiger partial charge in [-0.15, -0.1) is 0 Å². The highest BCUT2D eigenvalue weighted by molar-refractivity contribution is 7.99. The van der Waals surface area contributed by atoms with Crippen molar-refractivity contribution < 1.29 is 14.3 Å². The Morgan fingerprint density at radius 2 is 2.38 bits per heavy atom. The summed E-state index contributed by atoms with van der Waals surface area (Å²) in [7, 11) is 0. The molecule has 112 valence electrons. The van der Waals surface area contributed by atoms with Gasteiger partial charge in [0.2, 0.25) is 0 Å². The molecule has 0 aliphatic carbocycles. The minimum atomic E-state index is -0.566. The third kappa shape index (κ3) is 4.76. The van der Waals surface area contributed by atoms with Crippen molar-refractivity contribution in [3.05, 3.63) is 35.1 Å². The van der Waals surface area contributed by atoms with Crippen molar-refractivity contribution in [3.63, 3.8) is 0 Å². The number of aliphatic hydroxyl groups excluding tert-OH is 1. The molecule has 0 aromatic heterocycles. The van der Waals surface area contributed by atoms with Gasteiger partial charge in [0.15, 0.2) is 0 Å². The third-order valence-corrected chi connectivity index (χ3v) is 4.49.